The minimum Gasteiger partial charge on any atom is -0.497 e. The zero-order chi connectivity index (χ0) is 49.3. The maximum Gasteiger partial charge on any atom is 0.303 e. The number of likely N-dealkylation sites (tertiary alicyclic amines) is 1. The predicted octanol–water partition coefficient (Wildman–Crippen LogP) is 7.02. The summed E-state index contributed by atoms with van der Waals surface area (Å²) in [6.07, 6.45) is -1.71. The first-order valence-electron chi connectivity index (χ1n) is 20.3. The van der Waals surface area contributed by atoms with Crippen LogP contribution >= 0.6 is 11.6 Å². The van der Waals surface area contributed by atoms with Crippen LogP contribution in [0.1, 0.15) is 119 Å². The molecule has 4 aliphatic rings. The van der Waals surface area contributed by atoms with Crippen molar-refractivity contribution in [2.45, 2.75) is 153 Å². The Morgan fingerprint density at radius 1 is 0.716 bits per heavy atom. The molecule has 2 radical (unpaired) electrons. The minimum absolute atomic E-state index is 0. The van der Waals surface area contributed by atoms with Crippen LogP contribution in [0.5, 0.6) is 11.5 Å². The van der Waals surface area contributed by atoms with Crippen LogP contribution in [-0.4, -0.2) is 118 Å². The fourth-order valence-corrected chi connectivity index (χ4v) is 5.91. The largest absolute Gasteiger partial charge is 0.497 e. The quantitative estimate of drug-likeness (QED) is 0.0999. The van der Waals surface area contributed by atoms with Crippen LogP contribution in [0.15, 0.2) is 53.5 Å². The van der Waals surface area contributed by atoms with E-state index < -0.39 is 34.5 Å². The third-order valence-electron chi connectivity index (χ3n) is 12.0. The molecule has 2 aromatic carbocycles. The van der Waals surface area contributed by atoms with Gasteiger partial charge in [0.1, 0.15) is 11.5 Å². The number of hydrogen-bond acceptors (Lipinski definition) is 12. The molecule has 16 nitrogen and oxygen atoms in total. The number of anilines is 1. The summed E-state index contributed by atoms with van der Waals surface area (Å²) in [5.74, 6) is 0.993. The molecule has 2 aromatic rings. The predicted molar refractivity (Wildman–Crippen MR) is 258 cm³/mol. The van der Waals surface area contributed by atoms with E-state index in [0.29, 0.717) is 0 Å². The molecule has 2 unspecified atom stereocenters. The van der Waals surface area contributed by atoms with Gasteiger partial charge in [-0.25, -0.2) is 0 Å². The maximum absolute atomic E-state index is 11.6. The van der Waals surface area contributed by atoms with Crippen LogP contribution in [0, 0.1) is 99.0 Å². The second-order valence-electron chi connectivity index (χ2n) is 18.7. The standard InChI is InChI=1S/C12H15NO3.C10H13NO.C8H15NO.C7H13NO.C5H9NO2.C4H5ClO3.2CH4.2Ac/c1-12(2)10(14)11(15)13(12)8-4-6-9(16-3)7-5-8;1-8(2)11-9-4-6-10(12-3)7-5-9;1-7(2)6(10)9(5)8(7,3)4;1-6(2)5(9)8-7(6,3)4;1-5(2)3(7)4(8)6-5;1-3(6)8-2-4(5)7;;;;/h4-7,10,14H,1-3H3;4-7H,1-3H3;1-5H3;1-4H3,(H,8,9);3,7H,1-2H3,(H,6,8);2H2,1H3;2*1H4;;. The Hall–Kier alpha value is -2.18. The van der Waals surface area contributed by atoms with Crippen LogP contribution in [0.25, 0.3) is 0 Å². The number of nitrogens with one attached hydrogen (secondary N) is 2. The minimum atomic E-state index is -0.908. The number of aliphatic imine (C=N–C) groups is 1. The second-order valence-corrected chi connectivity index (χ2v) is 19.1. The third-order valence-corrected chi connectivity index (χ3v) is 12.1. The summed E-state index contributed by atoms with van der Waals surface area (Å²) in [5.41, 5.74) is 1.56. The maximum atomic E-state index is 11.6. The van der Waals surface area contributed by atoms with Crippen molar-refractivity contribution in [1.29, 1.82) is 0 Å². The van der Waals surface area contributed by atoms with Crippen molar-refractivity contribution < 1.29 is 141 Å². The normalized spacial score (nSPS) is 20.1. The fraction of sp³-hybridized carbons (Fsp3) is 0.604. The molecule has 2 atom stereocenters. The van der Waals surface area contributed by atoms with E-state index in [1.165, 1.54) is 6.92 Å². The fourth-order valence-electron chi connectivity index (χ4n) is 5.85. The van der Waals surface area contributed by atoms with Crippen LogP contribution in [0.2, 0.25) is 0 Å². The Morgan fingerprint density at radius 2 is 1.15 bits per heavy atom. The zero-order valence-corrected chi connectivity index (χ0v) is 51.7. The number of methoxy groups -OCH3 is 2. The van der Waals surface area contributed by atoms with Crippen molar-refractivity contribution in [1.82, 2.24) is 15.5 Å². The van der Waals surface area contributed by atoms with Crippen molar-refractivity contribution in [3.8, 4) is 11.5 Å². The van der Waals surface area contributed by atoms with E-state index in [4.69, 9.17) is 26.2 Å². The number of esters is 1. The van der Waals surface area contributed by atoms with Crippen molar-refractivity contribution in [2.75, 3.05) is 32.8 Å². The molecule has 0 aromatic heterocycles. The van der Waals surface area contributed by atoms with E-state index in [0.717, 1.165) is 28.6 Å². The molecular formula is C48H78Ac2ClN5O11. The first kappa shape index (κ1) is 71.4. The number of β-lactam (4-membered cyclic amide) rings is 4. The molecule has 0 saturated carbocycles. The second kappa shape index (κ2) is 28.6. The Bertz CT molecular complexity index is 1970. The first-order valence-corrected chi connectivity index (χ1v) is 20.7. The summed E-state index contributed by atoms with van der Waals surface area (Å²) in [5, 5.41) is 23.1. The van der Waals surface area contributed by atoms with Gasteiger partial charge in [-0.2, -0.15) is 0 Å². The van der Waals surface area contributed by atoms with Gasteiger partial charge in [0.05, 0.1) is 47.4 Å². The molecule has 6 rings (SSSR count). The molecule has 4 N–H and O–H groups in total. The number of ether oxygens (including phenoxy) is 3. The molecule has 4 aliphatic heterocycles. The molecule has 0 spiro atoms. The van der Waals surface area contributed by atoms with Crippen LogP contribution in [-0.2, 0) is 33.5 Å². The van der Waals surface area contributed by atoms with Crippen molar-refractivity contribution in [3.63, 3.8) is 0 Å². The molecular weight excluding hydrogens is 1310 g/mol. The summed E-state index contributed by atoms with van der Waals surface area (Å²) in [6, 6.07) is 14.9. The number of hydrogen-bond donors (Lipinski definition) is 4. The van der Waals surface area contributed by atoms with Gasteiger partial charge >= 0.3 is 5.97 Å². The Labute approximate surface area is 476 Å². The number of rotatable bonds is 6. The van der Waals surface area contributed by atoms with E-state index in [1.54, 1.807) is 50.0 Å². The summed E-state index contributed by atoms with van der Waals surface area (Å²) in [7, 11) is 5.11. The molecule has 0 aliphatic carbocycles. The molecule has 4 fully saturated rings. The van der Waals surface area contributed by atoms with Crippen LogP contribution in [0.3, 0.4) is 0 Å². The number of nitrogens with zero attached hydrogens (tertiary/aromatic N) is 3. The summed E-state index contributed by atoms with van der Waals surface area (Å²) in [6.45, 7) is 28.2. The van der Waals surface area contributed by atoms with Crippen molar-refractivity contribution >= 4 is 63.5 Å². The SMILES string of the molecule is C.C.CC(=O)OCC(=O)Cl.CC1(C)NC(=O)C1(C)C.CC1(C)NC(=O)C1O.CN1C(=O)C(C)(C)C1(C)C.COc1ccc(N2C(=O)C(O)C2(C)C)cc1.COc1ccc(N=C(C)C)cc1.[Ac].[Ac]. The summed E-state index contributed by atoms with van der Waals surface area (Å²) in [4.78, 5) is 71.4. The van der Waals surface area contributed by atoms with E-state index in [2.05, 4.69) is 34.2 Å². The van der Waals surface area contributed by atoms with Gasteiger partial charge in [-0.15, -0.1) is 0 Å². The number of benzene rings is 2. The molecule has 67 heavy (non-hydrogen) atoms. The Balaban J connectivity index is -0.000000358. The number of carbonyl (C=O) groups excluding carboxylic acids is 6. The van der Waals surface area contributed by atoms with Gasteiger partial charge in [0, 0.05) is 119 Å². The van der Waals surface area contributed by atoms with Crippen LogP contribution in [0.4, 0.5) is 11.4 Å². The number of aliphatic hydroxyl groups is 2. The Kier molecular flexibility index (Phi) is 30.5. The number of aliphatic hydroxyl groups excluding tert-OH is 2. The Morgan fingerprint density at radius 3 is 1.34 bits per heavy atom. The van der Waals surface area contributed by atoms with Gasteiger partial charge in [0.25, 0.3) is 17.1 Å². The van der Waals surface area contributed by atoms with E-state index in [1.807, 2.05) is 113 Å². The zero-order valence-electron chi connectivity index (χ0n) is 41.4. The average Bonchev–Trinajstić information content (AvgIpc) is 3.20. The van der Waals surface area contributed by atoms with Gasteiger partial charge in [-0.1, -0.05) is 14.9 Å². The monoisotopic (exact) mass is 1390 g/mol. The third kappa shape index (κ3) is 18.5. The van der Waals surface area contributed by atoms with Gasteiger partial charge in [0.15, 0.2) is 18.8 Å². The number of halogens is 1. The molecule has 4 heterocycles. The molecule has 19 heteroatoms. The molecule has 374 valence electrons. The topological polar surface area (TPSA) is 213 Å². The van der Waals surface area contributed by atoms with Gasteiger partial charge in [0.2, 0.25) is 11.8 Å². The van der Waals surface area contributed by atoms with Gasteiger partial charge in [-0.3, -0.25) is 33.8 Å². The number of carbonyl (C=O) groups is 6. The van der Waals surface area contributed by atoms with Crippen LogP contribution < -0.4 is 25.0 Å². The first-order chi connectivity index (χ1) is 28.6. The number of amides is 4. The molecule has 4 amide bonds. The van der Waals surface area contributed by atoms with E-state index in [9.17, 15) is 33.9 Å². The molecule has 0 bridgehead atoms. The van der Waals surface area contributed by atoms with Crippen molar-refractivity contribution in [2.24, 2.45) is 15.8 Å². The van der Waals surface area contributed by atoms with E-state index >= 15 is 0 Å². The van der Waals surface area contributed by atoms with Gasteiger partial charge < -0.3 is 44.9 Å². The van der Waals surface area contributed by atoms with Crippen molar-refractivity contribution in [3.05, 3.63) is 48.5 Å². The summed E-state index contributed by atoms with van der Waals surface area (Å²) < 4.78 is 14.3. The van der Waals surface area contributed by atoms with Gasteiger partial charge in [-0.05, 0) is 157 Å². The van der Waals surface area contributed by atoms with E-state index in [-0.39, 0.29) is 155 Å². The summed E-state index contributed by atoms with van der Waals surface area (Å²) >= 11 is 4.81. The molecule has 4 saturated heterocycles. The smallest absolute Gasteiger partial charge is 0.303 e. The average molecular weight is 1390 g/mol.